The minimum atomic E-state index is -1.07. The molecule has 1 fully saturated rings. The number of hydrogen-bond donors (Lipinski definition) is 3. The molecule has 3 aromatic rings. The van der Waals surface area contributed by atoms with Crippen molar-refractivity contribution in [3.05, 3.63) is 76.1 Å². The summed E-state index contributed by atoms with van der Waals surface area (Å²) in [6.07, 6.45) is 7.15. The van der Waals surface area contributed by atoms with E-state index >= 15 is 0 Å². The molecule has 9 heteroatoms. The van der Waals surface area contributed by atoms with Crippen molar-refractivity contribution in [3.8, 4) is 17.2 Å². The van der Waals surface area contributed by atoms with Crippen LogP contribution in [0.2, 0.25) is 5.02 Å². The Bertz CT molecular complexity index is 1600. The Hall–Kier alpha value is -3.49. The normalized spacial score (nSPS) is 28.8. The molecule has 4 atom stereocenters. The zero-order valence-electron chi connectivity index (χ0n) is 25.9. The highest BCUT2D eigenvalue weighted by atomic mass is 35.5. The second kappa shape index (κ2) is 11.7. The molecule has 3 N–H and O–H groups in total. The first-order valence-electron chi connectivity index (χ1n) is 16.2. The number of aromatic nitrogens is 1. The standard InChI is InChI=1S/C36H41ClN2O6/c1-21(19-43-29-8-13-38-33-28(40)7-6-22(2)32(29)33)14-24-15-23-16-30-31(45-20-44-30)18-27(23)35(24)9-11-36(12-10-35,34(41)42)39-26-5-3-4-25(37)17-26/h3-5,8,13,16-18,21-22,24,28,39-40H,6-7,9-12,14-15,19-20H2,1-2H3,(H,41,42)/t21-,22-,24+,28-,35?,36?/m1/s1. The lowest BCUT2D eigenvalue weighted by Gasteiger charge is -2.47. The molecule has 238 valence electrons. The number of aliphatic carboxylic acids is 1. The van der Waals surface area contributed by atoms with Crippen molar-refractivity contribution in [3.63, 3.8) is 0 Å². The van der Waals surface area contributed by atoms with Crippen LogP contribution in [0.15, 0.2) is 48.7 Å². The first kappa shape index (κ1) is 30.2. The second-order valence-corrected chi connectivity index (χ2v) is 14.1. The summed E-state index contributed by atoms with van der Waals surface area (Å²) in [5, 5.41) is 25.0. The molecule has 0 unspecified atom stereocenters. The lowest BCUT2D eigenvalue weighted by atomic mass is 9.59. The highest BCUT2D eigenvalue weighted by Crippen LogP contribution is 2.58. The van der Waals surface area contributed by atoms with Gasteiger partial charge < -0.3 is 29.7 Å². The fourth-order valence-electron chi connectivity index (χ4n) is 8.47. The molecule has 4 aliphatic rings. The molecule has 45 heavy (non-hydrogen) atoms. The van der Waals surface area contributed by atoms with Gasteiger partial charge in [0.25, 0.3) is 0 Å². The predicted molar refractivity (Wildman–Crippen MR) is 171 cm³/mol. The van der Waals surface area contributed by atoms with E-state index in [2.05, 4.69) is 36.3 Å². The number of fused-ring (bicyclic) bond motifs is 4. The van der Waals surface area contributed by atoms with Gasteiger partial charge in [0.1, 0.15) is 11.3 Å². The van der Waals surface area contributed by atoms with Gasteiger partial charge in [0.15, 0.2) is 11.5 Å². The van der Waals surface area contributed by atoms with Crippen molar-refractivity contribution in [2.75, 3.05) is 18.7 Å². The summed E-state index contributed by atoms with van der Waals surface area (Å²) in [4.78, 5) is 17.3. The number of pyridine rings is 1. The van der Waals surface area contributed by atoms with Gasteiger partial charge in [-0.2, -0.15) is 0 Å². The zero-order chi connectivity index (χ0) is 31.3. The number of carbonyl (C=O) groups is 1. The SMILES string of the molecule is C[C@@H](COc1ccnc2c1[C@H](C)CC[C@H]2O)C[C@H]1Cc2cc3c(cc2C12CCC(Nc1cccc(Cl)c1)(C(=O)O)CC2)OCO3. The number of rotatable bonds is 8. The van der Waals surface area contributed by atoms with Crippen molar-refractivity contribution in [1.29, 1.82) is 0 Å². The molecule has 1 spiro atoms. The van der Waals surface area contributed by atoms with Gasteiger partial charge in [0.2, 0.25) is 6.79 Å². The summed E-state index contributed by atoms with van der Waals surface area (Å²) in [6.45, 7) is 5.19. The third-order valence-electron chi connectivity index (χ3n) is 10.9. The van der Waals surface area contributed by atoms with Gasteiger partial charge in [-0.1, -0.05) is 31.5 Å². The Morgan fingerprint density at radius 2 is 1.91 bits per heavy atom. The van der Waals surface area contributed by atoms with Crippen LogP contribution in [0.4, 0.5) is 5.69 Å². The molecule has 7 rings (SSSR count). The van der Waals surface area contributed by atoms with E-state index in [9.17, 15) is 15.0 Å². The number of hydrogen-bond acceptors (Lipinski definition) is 7. The number of nitrogens with one attached hydrogen (secondary N) is 1. The van der Waals surface area contributed by atoms with Gasteiger partial charge in [-0.15, -0.1) is 0 Å². The maximum Gasteiger partial charge on any atom is 0.329 e. The average Bonchev–Trinajstić information content (AvgIpc) is 3.59. The number of benzene rings is 2. The number of carboxylic acid groups (broad SMARTS) is 1. The maximum atomic E-state index is 12.8. The number of anilines is 1. The molecule has 2 aromatic carbocycles. The van der Waals surface area contributed by atoms with Crippen LogP contribution in [0, 0.1) is 11.8 Å². The second-order valence-electron chi connectivity index (χ2n) is 13.7. The number of halogens is 1. The average molecular weight is 633 g/mol. The molecular formula is C36H41ClN2O6. The molecule has 0 amide bonds. The van der Waals surface area contributed by atoms with E-state index in [1.54, 1.807) is 18.3 Å². The first-order valence-corrected chi connectivity index (χ1v) is 16.5. The van der Waals surface area contributed by atoms with Gasteiger partial charge in [-0.3, -0.25) is 4.98 Å². The van der Waals surface area contributed by atoms with Gasteiger partial charge in [0, 0.05) is 22.5 Å². The smallest absolute Gasteiger partial charge is 0.329 e. The summed E-state index contributed by atoms with van der Waals surface area (Å²) in [5.74, 6) is 2.42. The van der Waals surface area contributed by atoms with E-state index in [-0.39, 0.29) is 18.1 Å². The van der Waals surface area contributed by atoms with E-state index in [4.69, 9.17) is 25.8 Å². The lowest BCUT2D eigenvalue weighted by Crippen LogP contribution is -2.53. The number of nitrogens with zero attached hydrogens (tertiary/aromatic N) is 1. The minimum Gasteiger partial charge on any atom is -0.493 e. The van der Waals surface area contributed by atoms with E-state index in [1.165, 1.54) is 11.1 Å². The summed E-state index contributed by atoms with van der Waals surface area (Å²) in [6, 6.07) is 13.5. The van der Waals surface area contributed by atoms with E-state index in [1.807, 2.05) is 18.2 Å². The largest absolute Gasteiger partial charge is 0.493 e. The molecule has 3 aliphatic carbocycles. The van der Waals surface area contributed by atoms with E-state index in [0.717, 1.165) is 72.7 Å². The van der Waals surface area contributed by atoms with Crippen LogP contribution >= 0.6 is 11.6 Å². The Balaban J connectivity index is 1.13. The molecule has 0 saturated heterocycles. The van der Waals surface area contributed by atoms with Crippen LogP contribution < -0.4 is 19.5 Å². The fraction of sp³-hybridized carbons (Fsp3) is 0.500. The Morgan fingerprint density at radius 3 is 2.67 bits per heavy atom. The number of carboxylic acids is 1. The minimum absolute atomic E-state index is 0.173. The molecule has 0 bridgehead atoms. The molecule has 1 aliphatic heterocycles. The highest BCUT2D eigenvalue weighted by molar-refractivity contribution is 6.30. The number of ether oxygens (including phenoxy) is 3. The Morgan fingerprint density at radius 1 is 1.13 bits per heavy atom. The zero-order valence-corrected chi connectivity index (χ0v) is 26.6. The van der Waals surface area contributed by atoms with Crippen LogP contribution in [0.1, 0.15) is 93.2 Å². The van der Waals surface area contributed by atoms with Gasteiger partial charge in [0.05, 0.1) is 18.4 Å². The molecule has 1 saturated carbocycles. The topological polar surface area (TPSA) is 110 Å². The van der Waals surface area contributed by atoms with Crippen molar-refractivity contribution < 1.29 is 29.2 Å². The summed E-state index contributed by atoms with van der Waals surface area (Å²) in [7, 11) is 0. The van der Waals surface area contributed by atoms with Crippen molar-refractivity contribution in [2.45, 2.75) is 88.2 Å². The summed E-state index contributed by atoms with van der Waals surface area (Å²) >= 11 is 6.24. The Kier molecular flexibility index (Phi) is 7.85. The summed E-state index contributed by atoms with van der Waals surface area (Å²) in [5.41, 5.74) is 3.80. The predicted octanol–water partition coefficient (Wildman–Crippen LogP) is 7.42. The van der Waals surface area contributed by atoms with Crippen molar-refractivity contribution >= 4 is 23.3 Å². The molecule has 0 radical (unpaired) electrons. The van der Waals surface area contributed by atoms with Crippen LogP contribution in [0.5, 0.6) is 17.2 Å². The van der Waals surface area contributed by atoms with Crippen LogP contribution in [-0.4, -0.2) is 40.1 Å². The number of aliphatic hydroxyl groups excluding tert-OH is 1. The van der Waals surface area contributed by atoms with E-state index in [0.29, 0.717) is 36.3 Å². The fourth-order valence-corrected chi connectivity index (χ4v) is 8.66. The van der Waals surface area contributed by atoms with Crippen LogP contribution in [0.25, 0.3) is 0 Å². The van der Waals surface area contributed by atoms with Crippen LogP contribution in [0.3, 0.4) is 0 Å². The summed E-state index contributed by atoms with van der Waals surface area (Å²) < 4.78 is 18.0. The van der Waals surface area contributed by atoms with Crippen molar-refractivity contribution in [2.24, 2.45) is 11.8 Å². The lowest BCUT2D eigenvalue weighted by molar-refractivity contribution is -0.144. The van der Waals surface area contributed by atoms with Gasteiger partial charge in [-0.25, -0.2) is 4.79 Å². The van der Waals surface area contributed by atoms with Crippen LogP contribution in [-0.2, 0) is 16.6 Å². The third kappa shape index (κ3) is 5.40. The molecule has 1 aromatic heterocycles. The van der Waals surface area contributed by atoms with Gasteiger partial charge in [-0.05, 0) is 122 Å². The van der Waals surface area contributed by atoms with E-state index < -0.39 is 17.6 Å². The highest BCUT2D eigenvalue weighted by Gasteiger charge is 2.54. The quantitative estimate of drug-likeness (QED) is 0.235. The third-order valence-corrected chi connectivity index (χ3v) is 11.1. The molecular weight excluding hydrogens is 592 g/mol. The molecule has 2 heterocycles. The van der Waals surface area contributed by atoms with Gasteiger partial charge >= 0.3 is 5.97 Å². The monoisotopic (exact) mass is 632 g/mol. The first-order chi connectivity index (χ1) is 21.7. The maximum absolute atomic E-state index is 12.8. The Labute approximate surface area is 269 Å². The van der Waals surface area contributed by atoms with Crippen molar-refractivity contribution in [1.82, 2.24) is 4.98 Å². The molecule has 8 nitrogen and oxygen atoms in total. The number of aliphatic hydroxyl groups is 1.